The lowest BCUT2D eigenvalue weighted by Crippen LogP contribution is -2.50. The molecule has 1 fully saturated rings. The van der Waals surface area contributed by atoms with Crippen LogP contribution in [0.15, 0.2) is 30.3 Å². The summed E-state index contributed by atoms with van der Waals surface area (Å²) in [5, 5.41) is -0.416. The van der Waals surface area contributed by atoms with Crippen LogP contribution in [-0.4, -0.2) is 82.0 Å². The van der Waals surface area contributed by atoms with E-state index in [1.807, 2.05) is 36.9 Å². The highest BCUT2D eigenvalue weighted by Gasteiger charge is 2.44. The average molecular weight is 547 g/mol. The summed E-state index contributed by atoms with van der Waals surface area (Å²) in [7, 11) is 7.67. The Morgan fingerprint density at radius 3 is 1.92 bits per heavy atom. The molecule has 1 aliphatic heterocycles. The van der Waals surface area contributed by atoms with Crippen molar-refractivity contribution in [3.63, 3.8) is 0 Å². The molecule has 2 amide bonds. The summed E-state index contributed by atoms with van der Waals surface area (Å²) < 4.78 is 27.3. The third kappa shape index (κ3) is 5.90. The van der Waals surface area contributed by atoms with E-state index in [0.717, 1.165) is 18.4 Å². The van der Waals surface area contributed by atoms with E-state index in [2.05, 4.69) is 0 Å². The Balaban J connectivity index is 2.12. The number of hydrogen-bond donors (Lipinski definition) is 0. The predicted octanol–water partition coefficient (Wildman–Crippen LogP) is 4.63. The van der Waals surface area contributed by atoms with Gasteiger partial charge >= 0.3 is 0 Å². The molecule has 2 atom stereocenters. The van der Waals surface area contributed by atoms with Gasteiger partial charge in [-0.2, -0.15) is 0 Å². The van der Waals surface area contributed by atoms with Gasteiger partial charge in [-0.25, -0.2) is 0 Å². The summed E-state index contributed by atoms with van der Waals surface area (Å²) >= 11 is 1.55. The molecule has 0 spiro atoms. The van der Waals surface area contributed by atoms with Crippen LogP contribution < -0.4 is 23.7 Å². The topological polar surface area (TPSA) is 86.8 Å². The molecule has 0 aliphatic carbocycles. The van der Waals surface area contributed by atoms with Crippen LogP contribution in [0.3, 0.4) is 0 Å². The molecule has 2 aromatic carbocycles. The van der Waals surface area contributed by atoms with Crippen LogP contribution in [-0.2, 0) is 4.79 Å². The molecule has 2 unspecified atom stereocenters. The molecule has 1 heterocycles. The molecule has 38 heavy (non-hydrogen) atoms. The number of rotatable bonds is 12. The number of ether oxygens (including phenoxy) is 5. The van der Waals surface area contributed by atoms with Crippen molar-refractivity contribution in [1.82, 2.24) is 9.80 Å². The zero-order chi connectivity index (χ0) is 27.8. The van der Waals surface area contributed by atoms with Crippen LogP contribution in [0.5, 0.6) is 28.7 Å². The highest BCUT2D eigenvalue weighted by Crippen LogP contribution is 2.46. The number of methoxy groups -OCH3 is 5. The van der Waals surface area contributed by atoms with Crippen molar-refractivity contribution in [3.8, 4) is 28.7 Å². The molecule has 0 radical (unpaired) electrons. The first-order valence-corrected chi connectivity index (χ1v) is 13.7. The Bertz CT molecular complexity index is 1100. The second kappa shape index (κ2) is 13.5. The first kappa shape index (κ1) is 29.3. The second-order valence-electron chi connectivity index (χ2n) is 8.77. The maximum atomic E-state index is 14.2. The van der Waals surface area contributed by atoms with Crippen molar-refractivity contribution in [1.29, 1.82) is 0 Å². The number of hydrogen-bond acceptors (Lipinski definition) is 8. The van der Waals surface area contributed by atoms with Crippen LogP contribution in [0.4, 0.5) is 0 Å². The van der Waals surface area contributed by atoms with Gasteiger partial charge in [0.25, 0.3) is 5.91 Å². The molecule has 208 valence electrons. The van der Waals surface area contributed by atoms with E-state index < -0.39 is 11.4 Å². The summed E-state index contributed by atoms with van der Waals surface area (Å²) in [5.41, 5.74) is 1.17. The lowest BCUT2D eigenvalue weighted by molar-refractivity contribution is -0.135. The quantitative estimate of drug-likeness (QED) is 0.381. The van der Waals surface area contributed by atoms with Crippen molar-refractivity contribution in [2.45, 2.75) is 38.1 Å². The number of amides is 2. The van der Waals surface area contributed by atoms with E-state index in [1.165, 1.54) is 21.3 Å². The number of carbonyl (C=O) groups excluding carboxylic acids is 2. The Hall–Kier alpha value is -3.27. The van der Waals surface area contributed by atoms with E-state index in [9.17, 15) is 9.59 Å². The molecule has 1 saturated heterocycles. The highest BCUT2D eigenvalue weighted by atomic mass is 32.2. The van der Waals surface area contributed by atoms with Gasteiger partial charge < -0.3 is 33.5 Å². The largest absolute Gasteiger partial charge is 0.493 e. The minimum absolute atomic E-state index is 0.0510. The Morgan fingerprint density at radius 2 is 1.42 bits per heavy atom. The zero-order valence-corrected chi connectivity index (χ0v) is 24.1. The van der Waals surface area contributed by atoms with Crippen LogP contribution in [0.25, 0.3) is 0 Å². The maximum absolute atomic E-state index is 14.2. The minimum Gasteiger partial charge on any atom is -0.493 e. The molecular weight excluding hydrogens is 508 g/mol. The molecular formula is C28H38N2O7S. The van der Waals surface area contributed by atoms with E-state index >= 15 is 0 Å². The highest BCUT2D eigenvalue weighted by molar-refractivity contribution is 7.99. The third-order valence-corrected chi connectivity index (χ3v) is 7.75. The molecule has 3 rings (SSSR count). The maximum Gasteiger partial charge on any atom is 0.256 e. The lowest BCUT2D eigenvalue weighted by Gasteiger charge is -2.33. The van der Waals surface area contributed by atoms with Crippen molar-refractivity contribution in [3.05, 3.63) is 41.5 Å². The van der Waals surface area contributed by atoms with Gasteiger partial charge in [0.15, 0.2) is 23.0 Å². The fourth-order valence-corrected chi connectivity index (χ4v) is 6.05. The first-order chi connectivity index (χ1) is 18.4. The first-order valence-electron chi connectivity index (χ1n) is 12.6. The Morgan fingerprint density at radius 1 is 0.842 bits per heavy atom. The summed E-state index contributed by atoms with van der Waals surface area (Å²) in [5.74, 6) is 2.38. The zero-order valence-electron chi connectivity index (χ0n) is 23.2. The molecule has 0 bridgehead atoms. The fourth-order valence-electron chi connectivity index (χ4n) is 4.64. The summed E-state index contributed by atoms with van der Waals surface area (Å²) in [4.78, 5) is 31.6. The number of nitrogens with zero attached hydrogens (tertiary/aromatic N) is 2. The van der Waals surface area contributed by atoms with Gasteiger partial charge in [-0.15, -0.1) is 11.8 Å². The van der Waals surface area contributed by atoms with Crippen LogP contribution >= 0.6 is 11.8 Å². The van der Waals surface area contributed by atoms with E-state index in [-0.39, 0.29) is 11.8 Å². The van der Waals surface area contributed by atoms with Crippen molar-refractivity contribution >= 4 is 23.6 Å². The van der Waals surface area contributed by atoms with Crippen LogP contribution in [0, 0.1) is 0 Å². The predicted molar refractivity (Wildman–Crippen MR) is 148 cm³/mol. The van der Waals surface area contributed by atoms with Gasteiger partial charge in [0.05, 0.1) is 35.5 Å². The monoisotopic (exact) mass is 546 g/mol. The van der Waals surface area contributed by atoms with Crippen molar-refractivity contribution in [2.24, 2.45) is 0 Å². The lowest BCUT2D eigenvalue weighted by atomic mass is 10.1. The third-order valence-electron chi connectivity index (χ3n) is 6.42. The molecule has 0 saturated carbocycles. The number of thioether (sulfide) groups is 1. The summed E-state index contributed by atoms with van der Waals surface area (Å²) in [6.07, 6.45) is 1.68. The number of benzene rings is 2. The second-order valence-corrected chi connectivity index (χ2v) is 9.88. The summed E-state index contributed by atoms with van der Waals surface area (Å²) in [6.45, 7) is 5.37. The smallest absolute Gasteiger partial charge is 0.256 e. The van der Waals surface area contributed by atoms with E-state index in [4.69, 9.17) is 23.7 Å². The molecule has 2 aromatic rings. The van der Waals surface area contributed by atoms with Crippen molar-refractivity contribution in [2.75, 3.05) is 54.4 Å². The molecule has 0 N–H and O–H groups in total. The van der Waals surface area contributed by atoms with Crippen LogP contribution in [0.2, 0.25) is 0 Å². The Labute approximate surface area is 229 Å². The van der Waals surface area contributed by atoms with Gasteiger partial charge in [-0.05, 0) is 42.7 Å². The van der Waals surface area contributed by atoms with Crippen LogP contribution in [0.1, 0.15) is 48.0 Å². The minimum atomic E-state index is -0.636. The van der Waals surface area contributed by atoms with E-state index in [1.54, 1.807) is 43.0 Å². The van der Waals surface area contributed by atoms with Gasteiger partial charge in [-0.1, -0.05) is 19.9 Å². The van der Waals surface area contributed by atoms with Gasteiger partial charge in [0.1, 0.15) is 11.4 Å². The van der Waals surface area contributed by atoms with E-state index in [0.29, 0.717) is 53.2 Å². The SMILES string of the molecule is CCCN(CCC)C(=O)C1CSC(c2ccc(OC)c(OC)c2)N1C(=O)c1cc(OC)c(OC)c(OC)c1. The summed E-state index contributed by atoms with van der Waals surface area (Å²) in [6, 6.07) is 8.17. The van der Waals surface area contributed by atoms with Gasteiger partial charge in [0, 0.05) is 24.4 Å². The standard InChI is InChI=1S/C28H38N2O7S/c1-8-12-29(13-9-2)27(32)20-17-38-28(18-10-11-21(33-3)22(14-18)34-4)30(20)26(31)19-15-23(35-5)25(37-7)24(16-19)36-6/h10-11,14-16,20,28H,8-9,12-13,17H2,1-7H3. The Kier molecular flexibility index (Phi) is 10.4. The molecule has 1 aliphatic rings. The van der Waals surface area contributed by atoms with Crippen molar-refractivity contribution < 1.29 is 33.3 Å². The average Bonchev–Trinajstić information content (AvgIpc) is 3.40. The molecule has 10 heteroatoms. The van der Waals surface area contributed by atoms with Gasteiger partial charge in [-0.3, -0.25) is 9.59 Å². The number of carbonyl (C=O) groups is 2. The van der Waals surface area contributed by atoms with Gasteiger partial charge in [0.2, 0.25) is 11.7 Å². The molecule has 0 aromatic heterocycles. The normalized spacial score (nSPS) is 16.7. The fraction of sp³-hybridized carbons (Fsp3) is 0.500. The molecule has 9 nitrogen and oxygen atoms in total.